The number of nitrogens with one attached hydrogen (secondary N) is 3. The highest BCUT2D eigenvalue weighted by Gasteiger charge is 2.53. The van der Waals surface area contributed by atoms with Crippen molar-refractivity contribution in [1.82, 2.24) is 16.0 Å². The molecule has 0 unspecified atom stereocenters. The molecule has 1 aromatic heterocycles. The number of sulfone groups is 1. The number of Topliss-reactive ketones (excluding diaryl/α,β-unsaturated/α-hetero) is 1. The van der Waals surface area contributed by atoms with Crippen molar-refractivity contribution in [2.45, 2.75) is 48.9 Å². The van der Waals surface area contributed by atoms with E-state index in [0.29, 0.717) is 17.8 Å². The Labute approximate surface area is 224 Å². The highest BCUT2D eigenvalue weighted by molar-refractivity contribution is 7.93. The molecule has 0 spiro atoms. The minimum Gasteiger partial charge on any atom is -0.340 e. The van der Waals surface area contributed by atoms with E-state index >= 15 is 0 Å². The maximum absolute atomic E-state index is 13.8. The second-order valence-electron chi connectivity index (χ2n) is 9.78. The van der Waals surface area contributed by atoms with Gasteiger partial charge in [0.15, 0.2) is 5.78 Å². The molecule has 3 aromatic rings. The molecule has 0 bridgehead atoms. The largest absolute Gasteiger partial charge is 0.340 e. The zero-order valence-electron chi connectivity index (χ0n) is 21.1. The molecule has 2 aromatic carbocycles. The van der Waals surface area contributed by atoms with Crippen molar-refractivity contribution in [2.75, 3.05) is 13.1 Å². The van der Waals surface area contributed by atoms with Crippen molar-refractivity contribution in [2.24, 2.45) is 5.92 Å². The molecule has 0 radical (unpaired) electrons. The number of amides is 2. The van der Waals surface area contributed by atoms with Crippen LogP contribution in [0.2, 0.25) is 0 Å². The van der Waals surface area contributed by atoms with Crippen LogP contribution >= 0.6 is 11.3 Å². The summed E-state index contributed by atoms with van der Waals surface area (Å²) >= 11 is 1.29. The summed E-state index contributed by atoms with van der Waals surface area (Å²) in [4.78, 5) is 38.0. The standard InChI is InChI=1S/C27H30FN3O5S2/c1-17(2)14-21(30-26(34)23-15-18-6-3-4-7-22(18)37-23)25(33)31-27(12-5-13-29-16-24(27)32)38(35,36)20-10-8-19(28)9-11-20/h3-4,6-11,15,17,21,29H,5,12-14,16H2,1-2H3,(H,30,34)(H,31,33)/t21-,27+/m0/s1. The van der Waals surface area contributed by atoms with Crippen LogP contribution in [0, 0.1) is 11.7 Å². The summed E-state index contributed by atoms with van der Waals surface area (Å²) in [5.41, 5.74) is 0. The summed E-state index contributed by atoms with van der Waals surface area (Å²) in [5.74, 6) is -2.60. The molecule has 0 saturated carbocycles. The predicted molar refractivity (Wildman–Crippen MR) is 144 cm³/mol. The van der Waals surface area contributed by atoms with E-state index in [0.717, 1.165) is 34.4 Å². The van der Waals surface area contributed by atoms with Crippen LogP contribution in [0.5, 0.6) is 0 Å². The van der Waals surface area contributed by atoms with Crippen molar-refractivity contribution in [1.29, 1.82) is 0 Å². The van der Waals surface area contributed by atoms with E-state index in [1.807, 2.05) is 38.1 Å². The van der Waals surface area contributed by atoms with Gasteiger partial charge in [-0.15, -0.1) is 11.3 Å². The van der Waals surface area contributed by atoms with Crippen LogP contribution in [0.3, 0.4) is 0 Å². The summed E-state index contributed by atoms with van der Waals surface area (Å²) in [5, 5.41) is 9.08. The van der Waals surface area contributed by atoms with Crippen LogP contribution in [0.1, 0.15) is 42.8 Å². The van der Waals surface area contributed by atoms with E-state index in [-0.39, 0.29) is 30.2 Å². The van der Waals surface area contributed by atoms with Crippen molar-refractivity contribution in [3.8, 4) is 0 Å². The van der Waals surface area contributed by atoms with Gasteiger partial charge in [0, 0.05) is 4.70 Å². The van der Waals surface area contributed by atoms with E-state index in [1.54, 1.807) is 6.07 Å². The number of thiophene rings is 1. The monoisotopic (exact) mass is 559 g/mol. The second-order valence-corrected chi connectivity index (χ2v) is 13.0. The van der Waals surface area contributed by atoms with Crippen molar-refractivity contribution < 1.29 is 27.2 Å². The van der Waals surface area contributed by atoms with Crippen molar-refractivity contribution in [3.63, 3.8) is 0 Å². The second kappa shape index (κ2) is 11.3. The Morgan fingerprint density at radius 2 is 1.84 bits per heavy atom. The van der Waals surface area contributed by atoms with Gasteiger partial charge in [0.1, 0.15) is 11.9 Å². The molecule has 2 atom stereocenters. The van der Waals surface area contributed by atoms with Gasteiger partial charge in [0.2, 0.25) is 20.6 Å². The molecule has 8 nitrogen and oxygen atoms in total. The molecule has 202 valence electrons. The van der Waals surface area contributed by atoms with Gasteiger partial charge < -0.3 is 16.0 Å². The van der Waals surface area contributed by atoms with E-state index in [4.69, 9.17) is 0 Å². The summed E-state index contributed by atoms with van der Waals surface area (Å²) in [6.45, 7) is 3.87. The molecule has 11 heteroatoms. The molecule has 0 aliphatic carbocycles. The smallest absolute Gasteiger partial charge is 0.262 e. The third-order valence-corrected chi connectivity index (χ3v) is 9.96. The first-order chi connectivity index (χ1) is 18.0. The zero-order chi connectivity index (χ0) is 27.5. The Kier molecular flexibility index (Phi) is 8.29. The van der Waals surface area contributed by atoms with Crippen molar-refractivity contribution >= 4 is 48.9 Å². The Morgan fingerprint density at radius 1 is 1.13 bits per heavy atom. The quantitative estimate of drug-likeness (QED) is 0.364. The Morgan fingerprint density at radius 3 is 2.53 bits per heavy atom. The fourth-order valence-corrected chi connectivity index (χ4v) is 7.44. The maximum Gasteiger partial charge on any atom is 0.262 e. The Balaban J connectivity index is 1.67. The SMILES string of the molecule is CC(C)C[C@H](NC(=O)c1cc2ccccc2s1)C(=O)N[C@@]1(S(=O)(=O)c2ccc(F)cc2)CCCNCC1=O. The molecule has 1 aliphatic rings. The van der Waals surface area contributed by atoms with E-state index in [9.17, 15) is 27.2 Å². The van der Waals surface area contributed by atoms with Crippen LogP contribution < -0.4 is 16.0 Å². The summed E-state index contributed by atoms with van der Waals surface area (Å²) < 4.78 is 42.1. The van der Waals surface area contributed by atoms with Gasteiger partial charge in [-0.2, -0.15) is 0 Å². The number of rotatable bonds is 8. The highest BCUT2D eigenvalue weighted by Crippen LogP contribution is 2.31. The molecule has 1 aliphatic heterocycles. The van der Waals surface area contributed by atoms with Gasteiger partial charge in [-0.05, 0) is 73.5 Å². The summed E-state index contributed by atoms with van der Waals surface area (Å²) in [6, 6.07) is 12.3. The zero-order valence-corrected chi connectivity index (χ0v) is 22.8. The lowest BCUT2D eigenvalue weighted by Gasteiger charge is -2.33. The van der Waals surface area contributed by atoms with E-state index in [1.165, 1.54) is 11.3 Å². The van der Waals surface area contributed by atoms with Gasteiger partial charge in [0.05, 0.1) is 16.3 Å². The topological polar surface area (TPSA) is 121 Å². The third-order valence-electron chi connectivity index (χ3n) is 6.50. The lowest BCUT2D eigenvalue weighted by molar-refractivity contribution is -0.130. The van der Waals surface area contributed by atoms with Gasteiger partial charge in [-0.25, -0.2) is 12.8 Å². The van der Waals surface area contributed by atoms with Crippen LogP contribution in [-0.2, 0) is 19.4 Å². The van der Waals surface area contributed by atoms with Gasteiger partial charge in [0.25, 0.3) is 5.91 Å². The highest BCUT2D eigenvalue weighted by atomic mass is 32.2. The molecule has 4 rings (SSSR count). The average Bonchev–Trinajstić information content (AvgIpc) is 3.22. The fraction of sp³-hybridized carbons (Fsp3) is 0.370. The molecule has 1 saturated heterocycles. The normalized spacial score (nSPS) is 19.2. The first-order valence-corrected chi connectivity index (χ1v) is 14.7. The number of carbonyl (C=O) groups is 3. The van der Waals surface area contributed by atoms with Gasteiger partial charge in [-0.1, -0.05) is 32.0 Å². The third kappa shape index (κ3) is 5.64. The average molecular weight is 560 g/mol. The lowest BCUT2D eigenvalue weighted by atomic mass is 10.0. The number of ketones is 1. The first kappa shape index (κ1) is 27.9. The van der Waals surface area contributed by atoms with E-state index < -0.39 is 44.2 Å². The molecule has 3 N–H and O–H groups in total. The van der Waals surface area contributed by atoms with Gasteiger partial charge >= 0.3 is 0 Å². The molecule has 2 heterocycles. The number of hydrogen-bond acceptors (Lipinski definition) is 7. The molecule has 1 fully saturated rings. The minimum absolute atomic E-state index is 0.0235. The molecule has 2 amide bonds. The molecular weight excluding hydrogens is 529 g/mol. The first-order valence-electron chi connectivity index (χ1n) is 12.4. The Bertz CT molecular complexity index is 1420. The number of benzene rings is 2. The predicted octanol–water partition coefficient (Wildman–Crippen LogP) is 3.42. The lowest BCUT2D eigenvalue weighted by Crippen LogP contribution is -2.64. The van der Waals surface area contributed by atoms with E-state index in [2.05, 4.69) is 16.0 Å². The number of fused-ring (bicyclic) bond motifs is 1. The fourth-order valence-electron chi connectivity index (χ4n) is 4.56. The number of halogens is 1. The van der Waals surface area contributed by atoms with Crippen LogP contribution in [0.4, 0.5) is 4.39 Å². The molecule has 38 heavy (non-hydrogen) atoms. The summed E-state index contributed by atoms with van der Waals surface area (Å²) in [6.07, 6.45) is 0.361. The summed E-state index contributed by atoms with van der Waals surface area (Å²) in [7, 11) is -4.47. The minimum atomic E-state index is -4.47. The Hall–Kier alpha value is -3.15. The molecular formula is C27H30FN3O5S2. The van der Waals surface area contributed by atoms with Crippen LogP contribution in [0.25, 0.3) is 10.1 Å². The van der Waals surface area contributed by atoms with Crippen molar-refractivity contribution in [3.05, 3.63) is 65.3 Å². The van der Waals surface area contributed by atoms with Gasteiger partial charge in [-0.3, -0.25) is 14.4 Å². The number of hydrogen-bond donors (Lipinski definition) is 3. The van der Waals surface area contributed by atoms with Crippen LogP contribution in [0.15, 0.2) is 59.5 Å². The maximum atomic E-state index is 13.8. The number of carbonyl (C=O) groups excluding carboxylic acids is 3. The van der Waals surface area contributed by atoms with Crippen LogP contribution in [-0.4, -0.2) is 50.0 Å².